The monoisotopic (exact) mass is 344 g/mol. The number of hydrogen-bond donors (Lipinski definition) is 1. The van der Waals surface area contributed by atoms with Gasteiger partial charge < -0.3 is 15.0 Å². The molecular formula is C19H28N4O2. The van der Waals surface area contributed by atoms with Crippen molar-refractivity contribution in [1.29, 1.82) is 0 Å². The Morgan fingerprint density at radius 1 is 1.16 bits per heavy atom. The van der Waals surface area contributed by atoms with Crippen LogP contribution in [0.5, 0.6) is 5.75 Å². The first-order valence-electron chi connectivity index (χ1n) is 9.40. The average molecular weight is 344 g/mol. The van der Waals surface area contributed by atoms with Crippen LogP contribution in [0.2, 0.25) is 0 Å². The summed E-state index contributed by atoms with van der Waals surface area (Å²) in [6.07, 6.45) is 2.53. The molecule has 0 spiro atoms. The predicted octanol–water partition coefficient (Wildman–Crippen LogP) is 0.911. The Hall–Kier alpha value is -1.79. The zero-order valence-corrected chi connectivity index (χ0v) is 15.0. The molecule has 3 fully saturated rings. The number of rotatable bonds is 4. The van der Waals surface area contributed by atoms with Gasteiger partial charge in [-0.15, -0.1) is 0 Å². The van der Waals surface area contributed by atoms with E-state index in [4.69, 9.17) is 4.74 Å². The maximum absolute atomic E-state index is 12.1. The number of carbonyl (C=O) groups is 1. The van der Waals surface area contributed by atoms with E-state index in [0.29, 0.717) is 0 Å². The summed E-state index contributed by atoms with van der Waals surface area (Å²) >= 11 is 0. The van der Waals surface area contributed by atoms with E-state index in [-0.39, 0.29) is 11.9 Å². The number of ether oxygens (including phenoxy) is 1. The molecule has 0 bridgehead atoms. The van der Waals surface area contributed by atoms with Crippen molar-refractivity contribution in [1.82, 2.24) is 15.1 Å². The highest BCUT2D eigenvalue weighted by atomic mass is 16.5. The number of anilines is 1. The van der Waals surface area contributed by atoms with Gasteiger partial charge in [-0.3, -0.25) is 14.6 Å². The first kappa shape index (κ1) is 16.7. The van der Waals surface area contributed by atoms with E-state index in [1.54, 1.807) is 7.11 Å². The molecule has 0 saturated carbocycles. The molecule has 25 heavy (non-hydrogen) atoms. The molecule has 3 aliphatic rings. The van der Waals surface area contributed by atoms with Gasteiger partial charge in [0.1, 0.15) is 11.8 Å². The van der Waals surface area contributed by atoms with Gasteiger partial charge in [-0.1, -0.05) is 6.07 Å². The van der Waals surface area contributed by atoms with Gasteiger partial charge >= 0.3 is 0 Å². The molecule has 1 atom stereocenters. The molecule has 0 aromatic heterocycles. The fraction of sp³-hybridized carbons (Fsp3) is 0.632. The van der Waals surface area contributed by atoms with Crippen molar-refractivity contribution in [3.05, 3.63) is 23.8 Å². The standard InChI is InChI=1S/C19H28N4O2/c1-25-18-12-15(4-5-16(18)22-7-2-3-8-22)13-21-10-11-23-9-6-20-19(24)17(23)14-21/h4-5,12,17H,2-3,6-11,13-14H2,1H3,(H,20,24). The Bertz CT molecular complexity index is 630. The maximum atomic E-state index is 12.1. The summed E-state index contributed by atoms with van der Waals surface area (Å²) < 4.78 is 5.66. The first-order chi connectivity index (χ1) is 12.2. The summed E-state index contributed by atoms with van der Waals surface area (Å²) in [6.45, 7) is 7.66. The van der Waals surface area contributed by atoms with Crippen LogP contribution in [0.4, 0.5) is 5.69 Å². The van der Waals surface area contributed by atoms with Crippen LogP contribution in [0.15, 0.2) is 18.2 Å². The quantitative estimate of drug-likeness (QED) is 0.880. The highest BCUT2D eigenvalue weighted by Gasteiger charge is 2.34. The minimum absolute atomic E-state index is 0.00766. The molecule has 3 heterocycles. The molecule has 3 saturated heterocycles. The van der Waals surface area contributed by atoms with Gasteiger partial charge in [0.25, 0.3) is 0 Å². The van der Waals surface area contributed by atoms with Crippen LogP contribution in [-0.2, 0) is 11.3 Å². The summed E-state index contributed by atoms with van der Waals surface area (Å²) in [4.78, 5) is 19.2. The number of methoxy groups -OCH3 is 1. The molecule has 6 nitrogen and oxygen atoms in total. The maximum Gasteiger partial charge on any atom is 0.238 e. The van der Waals surface area contributed by atoms with Crippen LogP contribution in [0, 0.1) is 0 Å². The van der Waals surface area contributed by atoms with E-state index in [1.807, 2.05) is 0 Å². The fourth-order valence-corrected chi connectivity index (χ4v) is 4.28. The predicted molar refractivity (Wildman–Crippen MR) is 98.1 cm³/mol. The van der Waals surface area contributed by atoms with Gasteiger partial charge in [0.05, 0.1) is 12.8 Å². The summed E-state index contributed by atoms with van der Waals surface area (Å²) in [5.41, 5.74) is 2.46. The van der Waals surface area contributed by atoms with Crippen LogP contribution in [0.25, 0.3) is 0 Å². The minimum atomic E-state index is 0.00766. The van der Waals surface area contributed by atoms with Crippen molar-refractivity contribution in [3.63, 3.8) is 0 Å². The van der Waals surface area contributed by atoms with Crippen LogP contribution < -0.4 is 15.0 Å². The molecule has 3 aliphatic heterocycles. The molecule has 0 radical (unpaired) electrons. The SMILES string of the molecule is COc1cc(CN2CCN3CCNC(=O)C3C2)ccc1N1CCCC1. The molecule has 6 heteroatoms. The minimum Gasteiger partial charge on any atom is -0.495 e. The van der Waals surface area contributed by atoms with Gasteiger partial charge in [-0.05, 0) is 30.5 Å². The molecule has 1 aromatic rings. The normalized spacial score (nSPS) is 24.9. The lowest BCUT2D eigenvalue weighted by Gasteiger charge is -2.43. The van der Waals surface area contributed by atoms with E-state index in [1.165, 1.54) is 24.1 Å². The number of benzene rings is 1. The third-order valence-electron chi connectivity index (χ3n) is 5.67. The Balaban J connectivity index is 1.44. The van der Waals surface area contributed by atoms with Crippen molar-refractivity contribution in [2.75, 3.05) is 57.8 Å². The fourth-order valence-electron chi connectivity index (χ4n) is 4.28. The second-order valence-corrected chi connectivity index (χ2v) is 7.28. The summed E-state index contributed by atoms with van der Waals surface area (Å²) in [5, 5.41) is 2.99. The summed E-state index contributed by atoms with van der Waals surface area (Å²) in [7, 11) is 1.75. The number of fused-ring (bicyclic) bond motifs is 1. The van der Waals surface area contributed by atoms with Gasteiger partial charge in [0.2, 0.25) is 5.91 Å². The highest BCUT2D eigenvalue weighted by Crippen LogP contribution is 2.32. The van der Waals surface area contributed by atoms with Crippen LogP contribution in [0.1, 0.15) is 18.4 Å². The number of nitrogens with zero attached hydrogens (tertiary/aromatic N) is 3. The van der Waals surface area contributed by atoms with Crippen molar-refractivity contribution < 1.29 is 9.53 Å². The van der Waals surface area contributed by atoms with Crippen molar-refractivity contribution in [3.8, 4) is 5.75 Å². The van der Waals surface area contributed by atoms with Crippen LogP contribution in [0.3, 0.4) is 0 Å². The molecule has 4 rings (SSSR count). The lowest BCUT2D eigenvalue weighted by Crippen LogP contribution is -2.63. The first-order valence-corrected chi connectivity index (χ1v) is 9.40. The number of carbonyl (C=O) groups excluding carboxylic acids is 1. The highest BCUT2D eigenvalue weighted by molar-refractivity contribution is 5.82. The zero-order chi connectivity index (χ0) is 17.2. The lowest BCUT2D eigenvalue weighted by molar-refractivity contribution is -0.131. The third-order valence-corrected chi connectivity index (χ3v) is 5.67. The van der Waals surface area contributed by atoms with Crippen molar-refractivity contribution in [2.24, 2.45) is 0 Å². The van der Waals surface area contributed by atoms with E-state index in [2.05, 4.69) is 38.2 Å². The van der Waals surface area contributed by atoms with E-state index < -0.39 is 0 Å². The van der Waals surface area contributed by atoms with Gasteiger partial charge in [0, 0.05) is 52.4 Å². The Morgan fingerprint density at radius 3 is 2.80 bits per heavy atom. The van der Waals surface area contributed by atoms with E-state index in [0.717, 1.165) is 58.1 Å². The topological polar surface area (TPSA) is 48.1 Å². The van der Waals surface area contributed by atoms with Crippen LogP contribution in [-0.4, -0.2) is 74.7 Å². The number of nitrogens with one attached hydrogen (secondary N) is 1. The molecule has 0 aliphatic carbocycles. The van der Waals surface area contributed by atoms with E-state index in [9.17, 15) is 4.79 Å². The summed E-state index contributed by atoms with van der Waals surface area (Å²) in [5.74, 6) is 1.14. The van der Waals surface area contributed by atoms with Gasteiger partial charge in [-0.2, -0.15) is 0 Å². The Kier molecular flexibility index (Phi) is 4.81. The molecule has 136 valence electrons. The number of amides is 1. The molecule has 1 N–H and O–H groups in total. The summed E-state index contributed by atoms with van der Waals surface area (Å²) in [6, 6.07) is 6.58. The zero-order valence-electron chi connectivity index (χ0n) is 15.0. The smallest absolute Gasteiger partial charge is 0.238 e. The van der Waals surface area contributed by atoms with Gasteiger partial charge in [0.15, 0.2) is 0 Å². The lowest BCUT2D eigenvalue weighted by atomic mass is 10.1. The average Bonchev–Trinajstić information content (AvgIpc) is 3.17. The number of piperazine rings is 2. The Morgan fingerprint density at radius 2 is 2.00 bits per heavy atom. The van der Waals surface area contributed by atoms with Crippen LogP contribution >= 0.6 is 0 Å². The second kappa shape index (κ2) is 7.22. The van der Waals surface area contributed by atoms with E-state index >= 15 is 0 Å². The Labute approximate surface area is 149 Å². The molecule has 1 amide bonds. The van der Waals surface area contributed by atoms with Crippen molar-refractivity contribution in [2.45, 2.75) is 25.4 Å². The van der Waals surface area contributed by atoms with Gasteiger partial charge in [-0.25, -0.2) is 0 Å². The third kappa shape index (κ3) is 3.46. The molecule has 1 unspecified atom stereocenters. The largest absolute Gasteiger partial charge is 0.495 e. The van der Waals surface area contributed by atoms with Crippen molar-refractivity contribution >= 4 is 11.6 Å². The second-order valence-electron chi connectivity index (χ2n) is 7.28. The molecular weight excluding hydrogens is 316 g/mol. The number of hydrogen-bond acceptors (Lipinski definition) is 5. The molecule has 1 aromatic carbocycles.